The number of hydrogen-bond acceptors (Lipinski definition) is 10. The van der Waals surface area contributed by atoms with Gasteiger partial charge in [0, 0.05) is 32.5 Å². The van der Waals surface area contributed by atoms with Gasteiger partial charge in [0.2, 0.25) is 21.8 Å². The van der Waals surface area contributed by atoms with Crippen molar-refractivity contribution in [1.29, 1.82) is 0 Å². The number of nitrogens with zero attached hydrogens (tertiary/aromatic N) is 6. The fourth-order valence-electron chi connectivity index (χ4n) is 5.90. The molecular weight excluding hydrogens is 869 g/mol. The van der Waals surface area contributed by atoms with Gasteiger partial charge in [-0.05, 0) is 56.7 Å². The van der Waals surface area contributed by atoms with Crippen molar-refractivity contribution in [2.75, 3.05) is 17.2 Å². The topological polar surface area (TPSA) is 168 Å². The number of hydrogen-bond donors (Lipinski definition) is 1. The second-order valence-corrected chi connectivity index (χ2v) is 16.4. The Labute approximate surface area is 337 Å². The number of sulfonamides is 1. The Kier molecular flexibility index (Phi) is 11.9. The summed E-state index contributed by atoms with van der Waals surface area (Å²) in [6.07, 6.45) is -7.74. The average molecular weight is 900 g/mol. The molecule has 0 aliphatic heterocycles. The normalized spacial score (nSPS) is 13.4. The summed E-state index contributed by atoms with van der Waals surface area (Å²) in [6, 6.07) is 4.51. The maximum Gasteiger partial charge on any atom is 0.460 e. The molecule has 2 aromatic carbocycles. The Balaban J connectivity index is 1.84. The first-order chi connectivity index (χ1) is 27.4. The third-order valence-electron chi connectivity index (χ3n) is 8.26. The molecule has 60 heavy (non-hydrogen) atoms. The first-order valence-electron chi connectivity index (χ1n) is 16.9. The molecule has 5 aromatic rings. The zero-order chi connectivity index (χ0) is 45.1. The third-order valence-corrected chi connectivity index (χ3v) is 9.67. The van der Waals surface area contributed by atoms with E-state index in [1.807, 2.05) is 0 Å². The molecule has 1 atom stereocenters. The van der Waals surface area contributed by atoms with Crippen LogP contribution in [-0.4, -0.2) is 81.2 Å². The lowest BCUT2D eigenvalue weighted by Crippen LogP contribution is -2.54. The van der Waals surface area contributed by atoms with Crippen molar-refractivity contribution in [3.05, 3.63) is 80.9 Å². The lowest BCUT2D eigenvalue weighted by molar-refractivity contribution is -0.358. The van der Waals surface area contributed by atoms with Gasteiger partial charge in [0.15, 0.2) is 18.1 Å². The standard InChI is InChI=1S/C35H31ClF9N7O7S/c1-16(53)52(60(6,56)57)29-25-21(36)8-9-23(26(25)50(5)49-29)51-28(22(46-31(55)59-32(2,3)4)13-17-11-18(37)14-19(38)12-17)48-27-20(30(51)54)7-10-24(47-27)58-15-33(39,40)34(41,42)35(43,44)45/h7-12,14,22H,13,15H2,1-6H3,(H,46,55). The van der Waals surface area contributed by atoms with Gasteiger partial charge < -0.3 is 14.8 Å². The lowest BCUT2D eigenvalue weighted by Gasteiger charge is -2.27. The van der Waals surface area contributed by atoms with E-state index in [0.717, 1.165) is 34.4 Å². The summed E-state index contributed by atoms with van der Waals surface area (Å²) in [4.78, 5) is 48.7. The van der Waals surface area contributed by atoms with Crippen LogP contribution in [0.15, 0.2) is 47.3 Å². The van der Waals surface area contributed by atoms with Crippen LogP contribution in [0.25, 0.3) is 27.6 Å². The van der Waals surface area contributed by atoms with Crippen LogP contribution in [0.3, 0.4) is 0 Å². The monoisotopic (exact) mass is 899 g/mol. The Morgan fingerprint density at radius 1 is 0.967 bits per heavy atom. The predicted molar refractivity (Wildman–Crippen MR) is 196 cm³/mol. The van der Waals surface area contributed by atoms with Crippen LogP contribution in [0.2, 0.25) is 5.02 Å². The van der Waals surface area contributed by atoms with Gasteiger partial charge in [0.1, 0.15) is 23.1 Å². The summed E-state index contributed by atoms with van der Waals surface area (Å²) in [7, 11) is -3.09. The number of benzene rings is 2. The minimum atomic E-state index is -6.67. The number of fused-ring (bicyclic) bond motifs is 2. The highest BCUT2D eigenvalue weighted by Crippen LogP contribution is 2.46. The van der Waals surface area contributed by atoms with E-state index >= 15 is 0 Å². The highest BCUT2D eigenvalue weighted by atomic mass is 35.5. The third kappa shape index (κ3) is 9.07. The van der Waals surface area contributed by atoms with Gasteiger partial charge in [0.25, 0.3) is 5.56 Å². The summed E-state index contributed by atoms with van der Waals surface area (Å²) < 4.78 is 161. The number of alkyl carbamates (subject to hydrolysis) is 1. The Hall–Kier alpha value is -5.65. The van der Waals surface area contributed by atoms with E-state index in [1.54, 1.807) is 0 Å². The molecule has 3 aromatic heterocycles. The molecule has 2 amide bonds. The van der Waals surface area contributed by atoms with Crippen LogP contribution in [-0.2, 0) is 33.0 Å². The maximum atomic E-state index is 14.7. The summed E-state index contributed by atoms with van der Waals surface area (Å²) in [5.74, 6) is -17.6. The summed E-state index contributed by atoms with van der Waals surface area (Å²) >= 11 is 6.55. The van der Waals surface area contributed by atoms with Crippen LogP contribution in [0.1, 0.15) is 45.1 Å². The molecule has 0 aliphatic rings. The average Bonchev–Trinajstić information content (AvgIpc) is 3.41. The van der Waals surface area contributed by atoms with Crippen LogP contribution in [0.5, 0.6) is 5.88 Å². The molecule has 0 fully saturated rings. The minimum absolute atomic E-state index is 0.148. The zero-order valence-corrected chi connectivity index (χ0v) is 33.3. The van der Waals surface area contributed by atoms with Crippen LogP contribution >= 0.6 is 11.6 Å². The lowest BCUT2D eigenvalue weighted by atomic mass is 10.0. The molecule has 0 saturated heterocycles. The Bertz CT molecular complexity index is 2680. The molecule has 25 heteroatoms. The second kappa shape index (κ2) is 15.7. The molecule has 5 rings (SSSR count). The van der Waals surface area contributed by atoms with E-state index in [-0.39, 0.29) is 27.2 Å². The number of amides is 2. The van der Waals surface area contributed by atoms with Gasteiger partial charge in [-0.2, -0.15) is 45.1 Å². The van der Waals surface area contributed by atoms with Crippen molar-refractivity contribution in [2.24, 2.45) is 7.05 Å². The van der Waals surface area contributed by atoms with E-state index in [1.165, 1.54) is 40.0 Å². The number of pyridine rings is 1. The summed E-state index contributed by atoms with van der Waals surface area (Å²) in [5, 5.41) is 5.73. The van der Waals surface area contributed by atoms with Crippen LogP contribution < -0.4 is 19.9 Å². The predicted octanol–water partition coefficient (Wildman–Crippen LogP) is 6.93. The first-order valence-corrected chi connectivity index (χ1v) is 19.2. The molecule has 3 heterocycles. The number of halogens is 10. The first kappa shape index (κ1) is 45.4. The quantitative estimate of drug-likeness (QED) is 0.137. The van der Waals surface area contributed by atoms with Gasteiger partial charge >= 0.3 is 24.1 Å². The van der Waals surface area contributed by atoms with E-state index < -0.39 is 110 Å². The second-order valence-electron chi connectivity index (χ2n) is 14.2. The minimum Gasteiger partial charge on any atom is -0.471 e. The van der Waals surface area contributed by atoms with Crippen molar-refractivity contribution in [3.63, 3.8) is 0 Å². The number of alkyl halides is 7. The van der Waals surface area contributed by atoms with Crippen LogP contribution in [0, 0.1) is 11.6 Å². The molecule has 0 aliphatic carbocycles. The van der Waals surface area contributed by atoms with Gasteiger partial charge in [-0.25, -0.2) is 27.0 Å². The van der Waals surface area contributed by atoms with Crippen molar-refractivity contribution >= 4 is 61.4 Å². The number of rotatable bonds is 11. The molecule has 0 saturated carbocycles. The van der Waals surface area contributed by atoms with E-state index in [9.17, 15) is 62.3 Å². The van der Waals surface area contributed by atoms with Crippen LogP contribution in [0.4, 0.5) is 50.1 Å². The number of carbonyl (C=O) groups excluding carboxylic acids is 2. The van der Waals surface area contributed by atoms with Gasteiger partial charge in [-0.3, -0.25) is 18.8 Å². The number of anilines is 1. The highest BCUT2D eigenvalue weighted by Gasteiger charge is 2.73. The number of nitrogens with one attached hydrogen (secondary N) is 1. The van der Waals surface area contributed by atoms with E-state index in [0.29, 0.717) is 22.7 Å². The molecule has 0 bridgehead atoms. The van der Waals surface area contributed by atoms with E-state index in [4.69, 9.17) is 16.3 Å². The van der Waals surface area contributed by atoms with Crippen molar-refractivity contribution in [1.82, 2.24) is 29.6 Å². The SMILES string of the molecule is CC(=O)N(c1nn(C)c2c(-n3c(C(Cc4cc(F)cc(F)c4)NC(=O)OC(C)(C)C)nc4nc(OCC(F)(F)C(F)(F)C(F)(F)F)ccc4c3=O)ccc(Cl)c12)S(C)(=O)=O. The summed E-state index contributed by atoms with van der Waals surface area (Å²) in [6.45, 7) is 2.83. The smallest absolute Gasteiger partial charge is 0.460 e. The van der Waals surface area contributed by atoms with Gasteiger partial charge in [-0.15, -0.1) is 0 Å². The summed E-state index contributed by atoms with van der Waals surface area (Å²) in [5.41, 5.74) is -3.55. The van der Waals surface area contributed by atoms with Gasteiger partial charge in [0.05, 0.1) is 39.3 Å². The molecule has 1 N–H and O–H groups in total. The molecule has 0 spiro atoms. The van der Waals surface area contributed by atoms with Gasteiger partial charge in [-0.1, -0.05) is 11.6 Å². The number of aromatic nitrogens is 5. The van der Waals surface area contributed by atoms with E-state index in [2.05, 4.69) is 25.1 Å². The van der Waals surface area contributed by atoms with Crippen molar-refractivity contribution < 1.29 is 67.0 Å². The number of ether oxygens (including phenoxy) is 2. The van der Waals surface area contributed by atoms with Crippen molar-refractivity contribution in [2.45, 2.75) is 63.8 Å². The fraction of sp³-hybridized carbons (Fsp3) is 0.371. The largest absolute Gasteiger partial charge is 0.471 e. The molecular formula is C35H31ClF9N7O7S. The molecule has 1 unspecified atom stereocenters. The molecule has 324 valence electrons. The number of carbonyl (C=O) groups is 2. The van der Waals surface area contributed by atoms with Crippen molar-refractivity contribution in [3.8, 4) is 11.6 Å². The maximum absolute atomic E-state index is 14.7. The zero-order valence-electron chi connectivity index (χ0n) is 31.8. The fourth-order valence-corrected chi connectivity index (χ4v) is 7.04. The Morgan fingerprint density at radius 3 is 2.13 bits per heavy atom. The Morgan fingerprint density at radius 2 is 1.58 bits per heavy atom. The molecule has 14 nitrogen and oxygen atoms in total. The highest BCUT2D eigenvalue weighted by molar-refractivity contribution is 7.92. The number of aryl methyl sites for hydroxylation is 1. The molecule has 0 radical (unpaired) electrons.